The van der Waals surface area contributed by atoms with Crippen molar-refractivity contribution >= 4 is 17.3 Å². The molecule has 2 amide bonds. The van der Waals surface area contributed by atoms with Gasteiger partial charge in [0.1, 0.15) is 28.3 Å². The first-order chi connectivity index (χ1) is 20.3. The van der Waals surface area contributed by atoms with E-state index in [0.29, 0.717) is 41.1 Å². The predicted molar refractivity (Wildman–Crippen MR) is 151 cm³/mol. The van der Waals surface area contributed by atoms with Crippen molar-refractivity contribution < 1.29 is 23.1 Å². The molecule has 11 heteroatoms. The van der Waals surface area contributed by atoms with Gasteiger partial charge in [-0.3, -0.25) is 9.59 Å². The maximum absolute atomic E-state index is 16.5. The number of amides is 2. The summed E-state index contributed by atoms with van der Waals surface area (Å²) in [6.07, 6.45) is 6.18. The van der Waals surface area contributed by atoms with E-state index in [2.05, 4.69) is 25.7 Å². The van der Waals surface area contributed by atoms with E-state index >= 15 is 4.39 Å². The second-order valence-electron chi connectivity index (χ2n) is 10.1. The molecule has 1 fully saturated rings. The normalized spacial score (nSPS) is 13.5. The zero-order valence-corrected chi connectivity index (χ0v) is 23.0. The summed E-state index contributed by atoms with van der Waals surface area (Å²) in [6.45, 7) is 1.78. The highest BCUT2D eigenvalue weighted by molar-refractivity contribution is 6.07. The number of halogens is 2. The lowest BCUT2D eigenvalue weighted by Crippen LogP contribution is -2.36. The summed E-state index contributed by atoms with van der Waals surface area (Å²) in [5, 5.41) is 10.0. The molecular weight excluding hydrogens is 542 g/mol. The number of methoxy groups -OCH3 is 1. The van der Waals surface area contributed by atoms with Crippen molar-refractivity contribution in [1.29, 1.82) is 0 Å². The Morgan fingerprint density at radius 1 is 1.00 bits per heavy atom. The fraction of sp³-hybridized carbons (Fsp3) is 0.194. The molecule has 212 valence electrons. The molecule has 0 unspecified atom stereocenters. The molecule has 0 aliphatic heterocycles. The van der Waals surface area contributed by atoms with Gasteiger partial charge < -0.3 is 15.4 Å². The van der Waals surface area contributed by atoms with Gasteiger partial charge in [-0.1, -0.05) is 0 Å². The number of aryl methyl sites for hydroxylation is 1. The van der Waals surface area contributed by atoms with E-state index in [0.717, 1.165) is 0 Å². The predicted octanol–water partition coefficient (Wildman–Crippen LogP) is 4.83. The summed E-state index contributed by atoms with van der Waals surface area (Å²) in [4.78, 5) is 35.2. The van der Waals surface area contributed by atoms with E-state index in [4.69, 9.17) is 4.74 Å². The zero-order valence-electron chi connectivity index (χ0n) is 23.0. The van der Waals surface area contributed by atoms with Crippen LogP contribution in [0.25, 0.3) is 27.9 Å². The number of hydrogen-bond acceptors (Lipinski definition) is 6. The van der Waals surface area contributed by atoms with Crippen molar-refractivity contribution in [1.82, 2.24) is 30.2 Å². The van der Waals surface area contributed by atoms with Gasteiger partial charge in [0.15, 0.2) is 11.6 Å². The van der Waals surface area contributed by atoms with E-state index < -0.39 is 29.0 Å². The van der Waals surface area contributed by atoms with Gasteiger partial charge in [-0.25, -0.2) is 23.3 Å². The van der Waals surface area contributed by atoms with Crippen LogP contribution in [-0.4, -0.2) is 45.6 Å². The minimum atomic E-state index is -0.701. The van der Waals surface area contributed by atoms with Crippen LogP contribution >= 0.6 is 0 Å². The summed E-state index contributed by atoms with van der Waals surface area (Å²) in [7, 11) is 2.90. The van der Waals surface area contributed by atoms with Gasteiger partial charge in [-0.2, -0.15) is 5.10 Å². The van der Waals surface area contributed by atoms with Crippen LogP contribution in [0.5, 0.6) is 5.75 Å². The molecule has 6 rings (SSSR count). The Kier molecular flexibility index (Phi) is 6.64. The molecular formula is C31H26F2N6O3. The van der Waals surface area contributed by atoms with Crippen LogP contribution in [0.1, 0.15) is 44.9 Å². The quantitative estimate of drug-likeness (QED) is 0.291. The summed E-state index contributed by atoms with van der Waals surface area (Å²) < 4.78 is 36.9. The second-order valence-corrected chi connectivity index (χ2v) is 10.1. The van der Waals surface area contributed by atoms with Crippen LogP contribution in [0.3, 0.4) is 0 Å². The van der Waals surface area contributed by atoms with E-state index in [9.17, 15) is 14.0 Å². The summed E-state index contributed by atoms with van der Waals surface area (Å²) in [5.74, 6) is -1.25. The molecule has 42 heavy (non-hydrogen) atoms. The lowest BCUT2D eigenvalue weighted by atomic mass is 9.96. The minimum absolute atomic E-state index is 0.00567. The number of fused-ring (bicyclic) bond motifs is 1. The SMILES string of the molecule is CNC(=O)c1c(-c2ccc(F)cc2)nn2ccc(-c3cc(C(=O)NC4(c5ncccn5)CC4)c(OC)cc3C)c(F)c12. The fourth-order valence-corrected chi connectivity index (χ4v) is 5.13. The van der Waals surface area contributed by atoms with Crippen LogP contribution in [0.2, 0.25) is 0 Å². The molecule has 1 saturated carbocycles. The smallest absolute Gasteiger partial charge is 0.255 e. The van der Waals surface area contributed by atoms with Crippen LogP contribution < -0.4 is 15.4 Å². The lowest BCUT2D eigenvalue weighted by Gasteiger charge is -2.19. The standard InChI is InChI=1S/C31H26F2N6O3/c1-17-15-23(42-3)22(28(40)37-31(10-11-31)30-35-12-4-13-36-30)16-21(17)20-9-14-39-27(25(20)33)24(29(41)34-2)26(38-39)18-5-7-19(32)8-6-18/h4-9,12-16H,10-11H2,1-3H3,(H,34,41)(H,37,40). The third-order valence-corrected chi connectivity index (χ3v) is 7.49. The van der Waals surface area contributed by atoms with E-state index in [1.165, 1.54) is 49.0 Å². The molecule has 5 aromatic rings. The Hall–Kier alpha value is -5.19. The Labute approximate surface area is 239 Å². The lowest BCUT2D eigenvalue weighted by molar-refractivity contribution is 0.0924. The third-order valence-electron chi connectivity index (χ3n) is 7.49. The number of aromatic nitrogens is 4. The molecule has 1 aliphatic carbocycles. The first-order valence-corrected chi connectivity index (χ1v) is 13.2. The molecule has 2 N–H and O–H groups in total. The van der Waals surface area contributed by atoms with Crippen LogP contribution in [0.4, 0.5) is 8.78 Å². The number of nitrogens with zero attached hydrogens (tertiary/aromatic N) is 4. The molecule has 3 heterocycles. The maximum Gasteiger partial charge on any atom is 0.255 e. The molecule has 9 nitrogen and oxygen atoms in total. The minimum Gasteiger partial charge on any atom is -0.496 e. The zero-order chi connectivity index (χ0) is 29.6. The van der Waals surface area contributed by atoms with Crippen molar-refractivity contribution in [2.75, 3.05) is 14.2 Å². The fourth-order valence-electron chi connectivity index (χ4n) is 5.13. The van der Waals surface area contributed by atoms with E-state index in [1.807, 2.05) is 0 Å². The first-order valence-electron chi connectivity index (χ1n) is 13.2. The highest BCUT2D eigenvalue weighted by atomic mass is 19.1. The van der Waals surface area contributed by atoms with Gasteiger partial charge in [-0.15, -0.1) is 0 Å². The first kappa shape index (κ1) is 27.0. The monoisotopic (exact) mass is 568 g/mol. The van der Waals surface area contributed by atoms with Gasteiger partial charge in [0.25, 0.3) is 11.8 Å². The Morgan fingerprint density at radius 2 is 1.71 bits per heavy atom. The Morgan fingerprint density at radius 3 is 2.36 bits per heavy atom. The summed E-state index contributed by atoms with van der Waals surface area (Å²) in [5.41, 5.74) is 1.41. The molecule has 0 atom stereocenters. The molecule has 0 radical (unpaired) electrons. The average molecular weight is 569 g/mol. The number of nitrogens with one attached hydrogen (secondary N) is 2. The molecule has 0 bridgehead atoms. The third kappa shape index (κ3) is 4.52. The van der Waals surface area contributed by atoms with Crippen LogP contribution in [0.15, 0.2) is 67.1 Å². The Balaban J connectivity index is 1.47. The Bertz CT molecular complexity index is 1850. The molecule has 0 saturated heterocycles. The number of pyridine rings is 1. The topological polar surface area (TPSA) is 111 Å². The van der Waals surface area contributed by atoms with Crippen molar-refractivity contribution in [3.05, 3.63) is 101 Å². The molecule has 0 spiro atoms. The molecule has 3 aromatic heterocycles. The molecule has 1 aliphatic rings. The van der Waals surface area contributed by atoms with Crippen molar-refractivity contribution in [3.8, 4) is 28.1 Å². The highest BCUT2D eigenvalue weighted by Crippen LogP contribution is 2.44. The van der Waals surface area contributed by atoms with Gasteiger partial charge in [0.05, 0.1) is 18.2 Å². The highest BCUT2D eigenvalue weighted by Gasteiger charge is 2.48. The summed E-state index contributed by atoms with van der Waals surface area (Å²) >= 11 is 0. The number of benzene rings is 2. The van der Waals surface area contributed by atoms with Gasteiger partial charge in [0.2, 0.25) is 0 Å². The second kappa shape index (κ2) is 10.3. The van der Waals surface area contributed by atoms with Crippen molar-refractivity contribution in [2.45, 2.75) is 25.3 Å². The summed E-state index contributed by atoms with van der Waals surface area (Å²) in [6, 6.07) is 12.0. The number of rotatable bonds is 7. The van der Waals surface area contributed by atoms with Crippen LogP contribution in [0, 0.1) is 18.6 Å². The van der Waals surface area contributed by atoms with Gasteiger partial charge in [-0.05, 0) is 79.4 Å². The van der Waals surface area contributed by atoms with E-state index in [-0.39, 0.29) is 27.9 Å². The largest absolute Gasteiger partial charge is 0.496 e. The van der Waals surface area contributed by atoms with Gasteiger partial charge >= 0.3 is 0 Å². The van der Waals surface area contributed by atoms with Crippen molar-refractivity contribution in [3.63, 3.8) is 0 Å². The molecule has 2 aromatic carbocycles. The number of carbonyl (C=O) groups excluding carboxylic acids is 2. The number of hydrogen-bond donors (Lipinski definition) is 2. The number of ether oxygens (including phenoxy) is 1. The van der Waals surface area contributed by atoms with Gasteiger partial charge in [0, 0.05) is 36.8 Å². The maximum atomic E-state index is 16.5. The van der Waals surface area contributed by atoms with Crippen molar-refractivity contribution in [2.24, 2.45) is 0 Å². The van der Waals surface area contributed by atoms with E-state index in [1.54, 1.807) is 43.7 Å². The number of carbonyl (C=O) groups is 2. The average Bonchev–Trinajstić information content (AvgIpc) is 3.68. The van der Waals surface area contributed by atoms with Crippen LogP contribution in [-0.2, 0) is 5.54 Å².